The standard InChI is InChI=1S/C17H25N3O2S/c21-16(19-9-13-1-2-13)14-10-20(11-15-18-5-8-23-15)12-17(14)3-6-22-7-4-17/h5,8,13-14H,1-4,6-7,9-12H2,(H,19,21)/t14-/m1/s1. The van der Waals surface area contributed by atoms with Crippen LogP contribution in [0.2, 0.25) is 0 Å². The number of hydrogen-bond donors (Lipinski definition) is 1. The molecule has 6 heteroatoms. The maximum absolute atomic E-state index is 12.8. The van der Waals surface area contributed by atoms with Crippen molar-refractivity contribution >= 4 is 17.2 Å². The molecule has 1 spiro atoms. The molecule has 1 atom stereocenters. The molecule has 1 aliphatic carbocycles. The summed E-state index contributed by atoms with van der Waals surface area (Å²) in [5.41, 5.74) is 0.100. The summed E-state index contributed by atoms with van der Waals surface area (Å²) in [6.07, 6.45) is 6.42. The fourth-order valence-electron chi connectivity index (χ4n) is 4.05. The first-order valence-corrected chi connectivity index (χ1v) is 9.59. The Labute approximate surface area is 141 Å². The van der Waals surface area contributed by atoms with Crippen LogP contribution in [0, 0.1) is 17.3 Å². The van der Waals surface area contributed by atoms with Crippen LogP contribution < -0.4 is 5.32 Å². The largest absolute Gasteiger partial charge is 0.381 e. The maximum Gasteiger partial charge on any atom is 0.225 e. The highest BCUT2D eigenvalue weighted by atomic mass is 32.1. The van der Waals surface area contributed by atoms with E-state index in [0.717, 1.165) is 63.2 Å². The van der Waals surface area contributed by atoms with Gasteiger partial charge in [-0.15, -0.1) is 11.3 Å². The molecule has 3 aliphatic rings. The lowest BCUT2D eigenvalue weighted by molar-refractivity contribution is -0.129. The molecule has 5 nitrogen and oxygen atoms in total. The molecule has 1 aromatic heterocycles. The van der Waals surface area contributed by atoms with Crippen molar-refractivity contribution in [3.05, 3.63) is 16.6 Å². The number of ether oxygens (including phenoxy) is 1. The van der Waals surface area contributed by atoms with Crippen molar-refractivity contribution in [3.8, 4) is 0 Å². The highest BCUT2D eigenvalue weighted by molar-refractivity contribution is 7.09. The Bertz CT molecular complexity index is 538. The minimum absolute atomic E-state index is 0.100. The molecule has 23 heavy (non-hydrogen) atoms. The van der Waals surface area contributed by atoms with Crippen LogP contribution in [-0.2, 0) is 16.1 Å². The van der Waals surface area contributed by atoms with E-state index in [4.69, 9.17) is 4.74 Å². The molecular weight excluding hydrogens is 310 g/mol. The van der Waals surface area contributed by atoms with E-state index in [-0.39, 0.29) is 17.2 Å². The molecule has 0 unspecified atom stereocenters. The third kappa shape index (κ3) is 3.44. The molecule has 1 saturated carbocycles. The van der Waals surface area contributed by atoms with Gasteiger partial charge >= 0.3 is 0 Å². The predicted octanol–water partition coefficient (Wildman–Crippen LogP) is 1.90. The maximum atomic E-state index is 12.8. The summed E-state index contributed by atoms with van der Waals surface area (Å²) in [6, 6.07) is 0. The van der Waals surface area contributed by atoms with Gasteiger partial charge in [-0.1, -0.05) is 0 Å². The first kappa shape index (κ1) is 15.5. The summed E-state index contributed by atoms with van der Waals surface area (Å²) in [4.78, 5) is 19.6. The second kappa shape index (κ2) is 6.49. The third-order valence-corrected chi connectivity index (χ3v) is 6.39. The number of carbonyl (C=O) groups excluding carboxylic acids is 1. The molecule has 3 fully saturated rings. The van der Waals surface area contributed by atoms with Crippen LogP contribution in [0.1, 0.15) is 30.7 Å². The predicted molar refractivity (Wildman–Crippen MR) is 89.1 cm³/mol. The van der Waals surface area contributed by atoms with Crippen molar-refractivity contribution in [2.24, 2.45) is 17.3 Å². The van der Waals surface area contributed by atoms with E-state index in [1.807, 2.05) is 11.6 Å². The van der Waals surface area contributed by atoms with Crippen LogP contribution in [0.4, 0.5) is 0 Å². The average Bonchev–Trinajstić information content (AvgIpc) is 3.14. The van der Waals surface area contributed by atoms with Gasteiger partial charge < -0.3 is 10.1 Å². The normalized spacial score (nSPS) is 27.4. The number of amides is 1. The fourth-order valence-corrected chi connectivity index (χ4v) is 4.71. The zero-order valence-corrected chi connectivity index (χ0v) is 14.3. The van der Waals surface area contributed by atoms with Crippen LogP contribution in [0.5, 0.6) is 0 Å². The molecule has 126 valence electrons. The molecule has 1 N–H and O–H groups in total. The van der Waals surface area contributed by atoms with E-state index in [1.54, 1.807) is 11.3 Å². The number of likely N-dealkylation sites (tertiary alicyclic amines) is 1. The molecule has 0 radical (unpaired) electrons. The number of nitrogens with zero attached hydrogens (tertiary/aromatic N) is 2. The fraction of sp³-hybridized carbons (Fsp3) is 0.765. The smallest absolute Gasteiger partial charge is 0.225 e. The molecule has 4 rings (SSSR count). The summed E-state index contributed by atoms with van der Waals surface area (Å²) < 4.78 is 5.57. The Kier molecular flexibility index (Phi) is 4.39. The van der Waals surface area contributed by atoms with Gasteiger partial charge in [-0.25, -0.2) is 4.98 Å². The third-order valence-electron chi connectivity index (χ3n) is 5.63. The summed E-state index contributed by atoms with van der Waals surface area (Å²) in [7, 11) is 0. The lowest BCUT2D eigenvalue weighted by atomic mass is 9.71. The number of carbonyl (C=O) groups is 1. The second-order valence-corrected chi connectivity index (χ2v) is 8.29. The van der Waals surface area contributed by atoms with E-state index in [9.17, 15) is 4.79 Å². The zero-order chi connectivity index (χ0) is 15.7. The second-order valence-electron chi connectivity index (χ2n) is 7.31. The monoisotopic (exact) mass is 335 g/mol. The summed E-state index contributed by atoms with van der Waals surface area (Å²) in [6.45, 7) is 5.17. The SMILES string of the molecule is O=C(NCC1CC1)[C@H]1CN(Cc2nccs2)CC12CCOCC2. The van der Waals surface area contributed by atoms with Crippen LogP contribution >= 0.6 is 11.3 Å². The molecule has 1 amide bonds. The number of aromatic nitrogens is 1. The first-order chi connectivity index (χ1) is 11.3. The van der Waals surface area contributed by atoms with Crippen molar-refractivity contribution in [1.29, 1.82) is 0 Å². The van der Waals surface area contributed by atoms with Crippen LogP contribution in [0.15, 0.2) is 11.6 Å². The minimum Gasteiger partial charge on any atom is -0.381 e. The van der Waals surface area contributed by atoms with Gasteiger partial charge in [0.1, 0.15) is 5.01 Å². The van der Waals surface area contributed by atoms with E-state index in [1.165, 1.54) is 12.8 Å². The van der Waals surface area contributed by atoms with Crippen LogP contribution in [-0.4, -0.2) is 48.6 Å². The van der Waals surface area contributed by atoms with Crippen LogP contribution in [0.25, 0.3) is 0 Å². The minimum atomic E-state index is 0.100. The van der Waals surface area contributed by atoms with Gasteiger partial charge in [-0.2, -0.15) is 0 Å². The molecule has 2 saturated heterocycles. The Balaban J connectivity index is 1.45. The highest BCUT2D eigenvalue weighted by Gasteiger charge is 2.50. The summed E-state index contributed by atoms with van der Waals surface area (Å²) >= 11 is 1.70. The first-order valence-electron chi connectivity index (χ1n) is 8.71. The molecule has 0 aromatic carbocycles. The van der Waals surface area contributed by atoms with Gasteiger partial charge in [0.2, 0.25) is 5.91 Å². The van der Waals surface area contributed by atoms with Gasteiger partial charge in [-0.3, -0.25) is 9.69 Å². The van der Waals surface area contributed by atoms with Gasteiger partial charge in [0, 0.05) is 49.8 Å². The molecular formula is C17H25N3O2S. The Morgan fingerprint density at radius 1 is 1.43 bits per heavy atom. The Hall–Kier alpha value is -0.980. The molecule has 3 heterocycles. The van der Waals surface area contributed by atoms with Crippen molar-refractivity contribution in [1.82, 2.24) is 15.2 Å². The quantitative estimate of drug-likeness (QED) is 0.893. The van der Waals surface area contributed by atoms with E-state index >= 15 is 0 Å². The Morgan fingerprint density at radius 2 is 2.26 bits per heavy atom. The van der Waals surface area contributed by atoms with Gasteiger partial charge in [0.05, 0.1) is 12.5 Å². The number of thiazole rings is 1. The summed E-state index contributed by atoms with van der Waals surface area (Å²) in [5, 5.41) is 6.39. The number of hydrogen-bond acceptors (Lipinski definition) is 5. The van der Waals surface area contributed by atoms with E-state index in [2.05, 4.69) is 15.2 Å². The summed E-state index contributed by atoms with van der Waals surface area (Å²) in [5.74, 6) is 1.10. The van der Waals surface area contributed by atoms with Crippen molar-refractivity contribution < 1.29 is 9.53 Å². The van der Waals surface area contributed by atoms with Crippen molar-refractivity contribution in [2.45, 2.75) is 32.2 Å². The number of rotatable bonds is 5. The lowest BCUT2D eigenvalue weighted by Gasteiger charge is -2.37. The Morgan fingerprint density at radius 3 is 2.96 bits per heavy atom. The highest BCUT2D eigenvalue weighted by Crippen LogP contribution is 2.45. The van der Waals surface area contributed by atoms with Gasteiger partial charge in [0.15, 0.2) is 0 Å². The number of nitrogens with one attached hydrogen (secondary N) is 1. The zero-order valence-electron chi connectivity index (χ0n) is 13.5. The molecule has 0 bridgehead atoms. The topological polar surface area (TPSA) is 54.5 Å². The lowest BCUT2D eigenvalue weighted by Crippen LogP contribution is -2.44. The van der Waals surface area contributed by atoms with Gasteiger partial charge in [0.25, 0.3) is 0 Å². The average molecular weight is 335 g/mol. The van der Waals surface area contributed by atoms with E-state index < -0.39 is 0 Å². The van der Waals surface area contributed by atoms with Crippen molar-refractivity contribution in [2.75, 3.05) is 32.8 Å². The van der Waals surface area contributed by atoms with Crippen molar-refractivity contribution in [3.63, 3.8) is 0 Å². The van der Waals surface area contributed by atoms with Crippen LogP contribution in [0.3, 0.4) is 0 Å². The molecule has 2 aliphatic heterocycles. The van der Waals surface area contributed by atoms with E-state index in [0.29, 0.717) is 0 Å². The molecule has 1 aromatic rings. The van der Waals surface area contributed by atoms with Gasteiger partial charge in [-0.05, 0) is 31.6 Å².